The Morgan fingerprint density at radius 1 is 1.26 bits per heavy atom. The fourth-order valence-corrected chi connectivity index (χ4v) is 4.03. The number of nitrogens with zero attached hydrogens (tertiary/aromatic N) is 2. The van der Waals surface area contributed by atoms with Crippen LogP contribution in [0.1, 0.15) is 11.1 Å². The van der Waals surface area contributed by atoms with Crippen LogP contribution in [-0.4, -0.2) is 28.3 Å². The molecule has 1 N–H and O–H groups in total. The Bertz CT molecular complexity index is 985. The van der Waals surface area contributed by atoms with Crippen LogP contribution in [0.2, 0.25) is 0 Å². The standard InChI is InChI=1S/C19H15N3O4S/c1-26-15-7-5-12(6-8-15)9-16-18(23)20-19-21(16)17(11-27-19)13-3-2-4-14(10-13)22(24)25/h2-11,19H,1H3,(H,20,23)/b16-9+/t19-/m1/s1. The number of methoxy groups -OCH3 is 1. The summed E-state index contributed by atoms with van der Waals surface area (Å²) in [6.45, 7) is 0. The van der Waals surface area contributed by atoms with Gasteiger partial charge in [-0.15, -0.1) is 0 Å². The van der Waals surface area contributed by atoms with Crippen LogP contribution in [-0.2, 0) is 4.79 Å². The monoisotopic (exact) mass is 381 g/mol. The normalized spacial score (nSPS) is 19.7. The summed E-state index contributed by atoms with van der Waals surface area (Å²) in [4.78, 5) is 25.0. The number of carbonyl (C=O) groups excluding carboxylic acids is 1. The molecule has 2 aromatic rings. The number of benzene rings is 2. The third-order valence-corrected chi connectivity index (χ3v) is 5.27. The van der Waals surface area contributed by atoms with Crippen LogP contribution in [0, 0.1) is 10.1 Å². The van der Waals surface area contributed by atoms with Gasteiger partial charge < -0.3 is 15.0 Å². The minimum atomic E-state index is -0.425. The molecule has 0 saturated carbocycles. The molecular weight excluding hydrogens is 366 g/mol. The van der Waals surface area contributed by atoms with Gasteiger partial charge in [-0.2, -0.15) is 0 Å². The number of thioether (sulfide) groups is 1. The summed E-state index contributed by atoms with van der Waals surface area (Å²) in [6.07, 6.45) is 1.80. The Morgan fingerprint density at radius 2 is 2.04 bits per heavy atom. The molecule has 0 bridgehead atoms. The van der Waals surface area contributed by atoms with E-state index in [0.717, 1.165) is 17.0 Å². The second kappa shape index (κ2) is 6.81. The summed E-state index contributed by atoms with van der Waals surface area (Å²) in [5.41, 5.74) is 2.56. The van der Waals surface area contributed by atoms with E-state index in [1.54, 1.807) is 25.3 Å². The first-order chi connectivity index (χ1) is 13.1. The number of nitro groups is 1. The van der Waals surface area contributed by atoms with Gasteiger partial charge in [0.15, 0.2) is 5.50 Å². The topological polar surface area (TPSA) is 84.7 Å². The zero-order valence-corrected chi connectivity index (χ0v) is 15.1. The highest BCUT2D eigenvalue weighted by Gasteiger charge is 2.40. The van der Waals surface area contributed by atoms with Crippen molar-refractivity contribution in [1.82, 2.24) is 10.2 Å². The Labute approximate surface area is 159 Å². The van der Waals surface area contributed by atoms with Crippen molar-refractivity contribution < 1.29 is 14.5 Å². The van der Waals surface area contributed by atoms with Crippen molar-refractivity contribution >= 4 is 35.1 Å². The van der Waals surface area contributed by atoms with E-state index in [0.29, 0.717) is 11.3 Å². The first-order valence-corrected chi connectivity index (χ1v) is 9.07. The van der Waals surface area contributed by atoms with E-state index < -0.39 is 4.92 Å². The molecule has 136 valence electrons. The molecule has 1 amide bonds. The molecule has 27 heavy (non-hydrogen) atoms. The summed E-state index contributed by atoms with van der Waals surface area (Å²) in [6, 6.07) is 13.8. The van der Waals surface area contributed by atoms with E-state index in [9.17, 15) is 14.9 Å². The highest BCUT2D eigenvalue weighted by Crippen LogP contribution is 2.42. The number of carbonyl (C=O) groups is 1. The summed E-state index contributed by atoms with van der Waals surface area (Å²) < 4.78 is 5.16. The molecular formula is C19H15N3O4S. The second-order valence-corrected chi connectivity index (χ2v) is 6.90. The predicted molar refractivity (Wildman–Crippen MR) is 103 cm³/mol. The van der Waals surface area contributed by atoms with Gasteiger partial charge in [0.2, 0.25) is 0 Å². The van der Waals surface area contributed by atoms with Crippen LogP contribution in [0.15, 0.2) is 59.6 Å². The van der Waals surface area contributed by atoms with Gasteiger partial charge in [0, 0.05) is 17.7 Å². The Hall–Kier alpha value is -3.26. The highest BCUT2D eigenvalue weighted by molar-refractivity contribution is 8.03. The van der Waals surface area contributed by atoms with Crippen LogP contribution >= 0.6 is 11.8 Å². The maximum Gasteiger partial charge on any atom is 0.270 e. The van der Waals surface area contributed by atoms with E-state index >= 15 is 0 Å². The van der Waals surface area contributed by atoms with Crippen molar-refractivity contribution in [3.05, 3.63) is 80.9 Å². The smallest absolute Gasteiger partial charge is 0.270 e. The van der Waals surface area contributed by atoms with Crippen LogP contribution in [0.25, 0.3) is 11.8 Å². The lowest BCUT2D eigenvalue weighted by molar-refractivity contribution is -0.384. The van der Waals surface area contributed by atoms with Crippen LogP contribution in [0.3, 0.4) is 0 Å². The molecule has 8 heteroatoms. The molecule has 0 aliphatic carbocycles. The molecule has 2 aliphatic heterocycles. The average Bonchev–Trinajstić information content (AvgIpc) is 3.22. The Kier molecular flexibility index (Phi) is 4.33. The number of rotatable bonds is 4. The molecule has 2 heterocycles. The van der Waals surface area contributed by atoms with E-state index in [-0.39, 0.29) is 17.1 Å². The largest absolute Gasteiger partial charge is 0.497 e. The molecule has 4 rings (SSSR count). The van der Waals surface area contributed by atoms with Gasteiger partial charge in [-0.25, -0.2) is 0 Å². The van der Waals surface area contributed by atoms with Gasteiger partial charge in [0.05, 0.1) is 17.7 Å². The number of hydrogen-bond donors (Lipinski definition) is 1. The summed E-state index contributed by atoms with van der Waals surface area (Å²) >= 11 is 1.46. The summed E-state index contributed by atoms with van der Waals surface area (Å²) in [5.74, 6) is 0.555. The van der Waals surface area contributed by atoms with Crippen molar-refractivity contribution in [3.63, 3.8) is 0 Å². The molecule has 1 fully saturated rings. The molecule has 2 aliphatic rings. The molecule has 1 saturated heterocycles. The fourth-order valence-electron chi connectivity index (χ4n) is 3.00. The van der Waals surface area contributed by atoms with Gasteiger partial charge >= 0.3 is 0 Å². The van der Waals surface area contributed by atoms with Crippen LogP contribution in [0.5, 0.6) is 5.75 Å². The second-order valence-electron chi connectivity index (χ2n) is 5.95. The number of nitro benzene ring substituents is 1. The van der Waals surface area contributed by atoms with Crippen LogP contribution in [0.4, 0.5) is 5.69 Å². The van der Waals surface area contributed by atoms with E-state index in [1.807, 2.05) is 34.6 Å². The van der Waals surface area contributed by atoms with Crippen LogP contribution < -0.4 is 10.1 Å². The molecule has 0 radical (unpaired) electrons. The zero-order valence-electron chi connectivity index (χ0n) is 14.3. The van der Waals surface area contributed by atoms with Gasteiger partial charge in [-0.05, 0) is 29.2 Å². The van der Waals surface area contributed by atoms with Crippen molar-refractivity contribution in [3.8, 4) is 5.75 Å². The number of nitrogens with one attached hydrogen (secondary N) is 1. The van der Waals surface area contributed by atoms with Crippen molar-refractivity contribution in [1.29, 1.82) is 0 Å². The number of fused-ring (bicyclic) bond motifs is 1. The minimum Gasteiger partial charge on any atom is -0.497 e. The van der Waals surface area contributed by atoms with E-state index in [4.69, 9.17) is 4.74 Å². The molecule has 0 unspecified atom stereocenters. The lowest BCUT2D eigenvalue weighted by atomic mass is 10.1. The quantitative estimate of drug-likeness (QED) is 0.496. The molecule has 7 nitrogen and oxygen atoms in total. The maximum atomic E-state index is 12.5. The van der Waals surface area contributed by atoms with Gasteiger partial charge in [-0.3, -0.25) is 14.9 Å². The van der Waals surface area contributed by atoms with Crippen molar-refractivity contribution in [2.45, 2.75) is 5.50 Å². The number of hydrogen-bond acceptors (Lipinski definition) is 6. The molecule has 0 aromatic heterocycles. The SMILES string of the molecule is COc1ccc(/C=C2\C(=O)N[C@H]3SC=C(c4cccc([N+](=O)[O-])c4)N23)cc1. The molecule has 1 atom stereocenters. The fraction of sp³-hybridized carbons (Fsp3) is 0.105. The average molecular weight is 381 g/mol. The first-order valence-electron chi connectivity index (χ1n) is 8.13. The predicted octanol–water partition coefficient (Wildman–Crippen LogP) is 3.41. The number of non-ortho nitro benzene ring substituents is 1. The first kappa shape index (κ1) is 17.2. The highest BCUT2D eigenvalue weighted by atomic mass is 32.2. The third kappa shape index (κ3) is 3.15. The summed E-state index contributed by atoms with van der Waals surface area (Å²) in [5, 5.41) is 15.9. The van der Waals surface area contributed by atoms with E-state index in [1.165, 1.54) is 23.9 Å². The van der Waals surface area contributed by atoms with Gasteiger partial charge in [0.25, 0.3) is 11.6 Å². The third-order valence-electron chi connectivity index (χ3n) is 4.32. The molecule has 2 aromatic carbocycles. The molecule has 0 spiro atoms. The minimum absolute atomic E-state index is 0.0148. The lowest BCUT2D eigenvalue weighted by Crippen LogP contribution is -2.27. The Morgan fingerprint density at radius 3 is 2.74 bits per heavy atom. The van der Waals surface area contributed by atoms with Crippen molar-refractivity contribution in [2.75, 3.05) is 7.11 Å². The lowest BCUT2D eigenvalue weighted by Gasteiger charge is -2.21. The maximum absolute atomic E-state index is 12.5. The zero-order chi connectivity index (χ0) is 19.0. The number of ether oxygens (including phenoxy) is 1. The number of amides is 1. The van der Waals surface area contributed by atoms with Gasteiger partial charge in [0.1, 0.15) is 11.4 Å². The van der Waals surface area contributed by atoms with Crippen molar-refractivity contribution in [2.24, 2.45) is 0 Å². The Balaban J connectivity index is 1.70. The van der Waals surface area contributed by atoms with E-state index in [2.05, 4.69) is 5.32 Å². The summed E-state index contributed by atoms with van der Waals surface area (Å²) in [7, 11) is 1.60. The van der Waals surface area contributed by atoms with Gasteiger partial charge in [-0.1, -0.05) is 36.0 Å².